The van der Waals surface area contributed by atoms with Crippen LogP contribution in [0.2, 0.25) is 0 Å². The van der Waals surface area contributed by atoms with Crippen LogP contribution in [-0.2, 0) is 13.1 Å². The molecule has 0 fully saturated rings. The summed E-state index contributed by atoms with van der Waals surface area (Å²) in [5.41, 5.74) is 0. The molecule has 2 aromatic rings. The molecule has 0 aliphatic carbocycles. The van der Waals surface area contributed by atoms with E-state index in [1.165, 1.54) is 9.75 Å². The quantitative estimate of drug-likeness (QED) is 0.868. The smallest absolute Gasteiger partial charge is 0.105 e. The number of nitrogens with zero attached hydrogens (tertiary/aromatic N) is 2. The maximum absolute atomic E-state index is 4.24. The lowest BCUT2D eigenvalue weighted by Gasteiger charge is -2.05. The van der Waals surface area contributed by atoms with Crippen molar-refractivity contribution in [1.29, 1.82) is 0 Å². The highest BCUT2D eigenvalue weighted by atomic mass is 32.1. The molecule has 1 N–H and O–H groups in total. The molecule has 2 rings (SSSR count). The van der Waals surface area contributed by atoms with Crippen molar-refractivity contribution < 1.29 is 0 Å². The van der Waals surface area contributed by atoms with Crippen LogP contribution in [0, 0.1) is 12.8 Å². The van der Waals surface area contributed by atoms with E-state index in [4.69, 9.17) is 0 Å². The summed E-state index contributed by atoms with van der Waals surface area (Å²) in [5, 5.41) is 3.48. The number of hydrogen-bond acceptors (Lipinski definition) is 3. The van der Waals surface area contributed by atoms with Crippen molar-refractivity contribution in [2.45, 2.75) is 33.9 Å². The van der Waals surface area contributed by atoms with Gasteiger partial charge in [-0.25, -0.2) is 4.98 Å². The predicted octanol–water partition coefficient (Wildman–Crippen LogP) is 3.05. The molecular weight excluding hydrogens is 242 g/mol. The third-order valence-corrected chi connectivity index (χ3v) is 3.89. The molecule has 4 heteroatoms. The zero-order chi connectivity index (χ0) is 13.0. The van der Waals surface area contributed by atoms with Gasteiger partial charge in [-0.1, -0.05) is 13.8 Å². The van der Waals surface area contributed by atoms with Gasteiger partial charge in [0.05, 0.1) is 6.54 Å². The molecule has 0 unspecified atom stereocenters. The van der Waals surface area contributed by atoms with Crippen molar-refractivity contribution in [2.75, 3.05) is 6.54 Å². The Morgan fingerprint density at radius 3 is 2.78 bits per heavy atom. The van der Waals surface area contributed by atoms with E-state index in [1.807, 2.05) is 30.7 Å². The van der Waals surface area contributed by atoms with E-state index in [9.17, 15) is 0 Å². The first-order valence-corrected chi connectivity index (χ1v) is 7.23. The van der Waals surface area contributed by atoms with Crippen molar-refractivity contribution in [3.63, 3.8) is 0 Å². The van der Waals surface area contributed by atoms with Gasteiger partial charge in [0, 0.05) is 28.7 Å². The van der Waals surface area contributed by atoms with Gasteiger partial charge >= 0.3 is 0 Å². The first-order chi connectivity index (χ1) is 8.65. The number of aromatic nitrogens is 2. The Balaban J connectivity index is 1.88. The number of thiophene rings is 1. The Bertz CT molecular complexity index is 485. The fraction of sp³-hybridized carbons (Fsp3) is 0.500. The Morgan fingerprint density at radius 2 is 2.11 bits per heavy atom. The molecule has 0 saturated heterocycles. The fourth-order valence-electron chi connectivity index (χ4n) is 1.83. The van der Waals surface area contributed by atoms with Crippen molar-refractivity contribution in [1.82, 2.24) is 14.9 Å². The summed E-state index contributed by atoms with van der Waals surface area (Å²) in [6.07, 6.45) is 3.89. The van der Waals surface area contributed by atoms with Gasteiger partial charge in [0.25, 0.3) is 0 Å². The minimum absolute atomic E-state index is 0.707. The first kappa shape index (κ1) is 13.3. The van der Waals surface area contributed by atoms with Gasteiger partial charge in [-0.05, 0) is 31.5 Å². The average molecular weight is 263 g/mol. The minimum atomic E-state index is 0.707. The summed E-state index contributed by atoms with van der Waals surface area (Å²) in [7, 11) is 0. The maximum atomic E-state index is 4.24. The number of aryl methyl sites for hydroxylation is 1. The maximum Gasteiger partial charge on any atom is 0.105 e. The normalized spacial score (nSPS) is 11.3. The fourth-order valence-corrected chi connectivity index (χ4v) is 2.81. The van der Waals surface area contributed by atoms with Gasteiger partial charge in [0.2, 0.25) is 0 Å². The summed E-state index contributed by atoms with van der Waals surface area (Å²) in [6, 6.07) is 4.44. The van der Waals surface area contributed by atoms with Crippen molar-refractivity contribution in [2.24, 2.45) is 5.92 Å². The van der Waals surface area contributed by atoms with E-state index >= 15 is 0 Å². The topological polar surface area (TPSA) is 29.9 Å². The van der Waals surface area contributed by atoms with E-state index < -0.39 is 0 Å². The highest BCUT2D eigenvalue weighted by Gasteiger charge is 2.03. The SMILES string of the molecule is Cc1nccn1Cc1ccc(CNCC(C)C)s1. The third-order valence-electron chi connectivity index (χ3n) is 2.82. The van der Waals surface area contributed by atoms with Crippen LogP contribution in [0.4, 0.5) is 0 Å². The number of imidazole rings is 1. The van der Waals surface area contributed by atoms with Crippen LogP contribution >= 0.6 is 11.3 Å². The predicted molar refractivity (Wildman–Crippen MR) is 76.9 cm³/mol. The second kappa shape index (κ2) is 6.16. The second-order valence-electron chi connectivity index (χ2n) is 5.00. The summed E-state index contributed by atoms with van der Waals surface area (Å²) in [4.78, 5) is 7.04. The highest BCUT2D eigenvalue weighted by Crippen LogP contribution is 2.18. The molecule has 3 nitrogen and oxygen atoms in total. The lowest BCUT2D eigenvalue weighted by atomic mass is 10.2. The molecule has 98 valence electrons. The molecule has 2 heterocycles. The first-order valence-electron chi connectivity index (χ1n) is 6.41. The van der Waals surface area contributed by atoms with Crippen LogP contribution < -0.4 is 5.32 Å². The number of rotatable bonds is 6. The zero-order valence-electron chi connectivity index (χ0n) is 11.3. The molecule has 18 heavy (non-hydrogen) atoms. The van der Waals surface area contributed by atoms with Gasteiger partial charge in [-0.3, -0.25) is 0 Å². The molecule has 0 saturated carbocycles. The van der Waals surface area contributed by atoms with Gasteiger partial charge in [-0.2, -0.15) is 0 Å². The van der Waals surface area contributed by atoms with E-state index in [-0.39, 0.29) is 0 Å². The minimum Gasteiger partial charge on any atom is -0.330 e. The van der Waals surface area contributed by atoms with Gasteiger partial charge < -0.3 is 9.88 Å². The van der Waals surface area contributed by atoms with Crippen molar-refractivity contribution >= 4 is 11.3 Å². The van der Waals surface area contributed by atoms with Crippen LogP contribution in [0.1, 0.15) is 29.4 Å². The third kappa shape index (κ3) is 3.68. The average Bonchev–Trinajstić information content (AvgIpc) is 2.90. The Labute approximate surface area is 113 Å². The molecule has 0 aliphatic heterocycles. The molecule has 0 aromatic carbocycles. The summed E-state index contributed by atoms with van der Waals surface area (Å²) >= 11 is 1.88. The standard InChI is InChI=1S/C14H21N3S/c1-11(2)8-15-9-13-4-5-14(18-13)10-17-7-6-16-12(17)3/h4-7,11,15H,8-10H2,1-3H3. The number of hydrogen-bond donors (Lipinski definition) is 1. The Morgan fingerprint density at radius 1 is 1.33 bits per heavy atom. The van der Waals surface area contributed by atoms with E-state index in [2.05, 4.69) is 40.8 Å². The number of nitrogens with one attached hydrogen (secondary N) is 1. The van der Waals surface area contributed by atoms with Crippen LogP contribution in [0.15, 0.2) is 24.5 Å². The highest BCUT2D eigenvalue weighted by molar-refractivity contribution is 7.11. The molecule has 0 atom stereocenters. The monoisotopic (exact) mass is 263 g/mol. The Hall–Kier alpha value is -1.13. The molecule has 0 radical (unpaired) electrons. The summed E-state index contributed by atoms with van der Waals surface area (Å²) in [5.74, 6) is 1.78. The van der Waals surface area contributed by atoms with E-state index in [0.29, 0.717) is 5.92 Å². The van der Waals surface area contributed by atoms with Gasteiger partial charge in [0.1, 0.15) is 5.82 Å². The van der Waals surface area contributed by atoms with E-state index in [1.54, 1.807) is 0 Å². The van der Waals surface area contributed by atoms with Gasteiger partial charge in [0.15, 0.2) is 0 Å². The Kier molecular flexibility index (Phi) is 4.55. The largest absolute Gasteiger partial charge is 0.330 e. The molecule has 0 bridgehead atoms. The van der Waals surface area contributed by atoms with Crippen LogP contribution in [0.5, 0.6) is 0 Å². The molecule has 0 spiro atoms. The lowest BCUT2D eigenvalue weighted by Crippen LogP contribution is -2.18. The van der Waals surface area contributed by atoms with Crippen LogP contribution in [0.25, 0.3) is 0 Å². The lowest BCUT2D eigenvalue weighted by molar-refractivity contribution is 0.555. The molecular formula is C14H21N3S. The summed E-state index contributed by atoms with van der Waals surface area (Å²) < 4.78 is 2.18. The van der Waals surface area contributed by atoms with Crippen LogP contribution in [0.3, 0.4) is 0 Å². The van der Waals surface area contributed by atoms with E-state index in [0.717, 1.165) is 25.5 Å². The van der Waals surface area contributed by atoms with Gasteiger partial charge in [-0.15, -0.1) is 11.3 Å². The van der Waals surface area contributed by atoms with Crippen molar-refractivity contribution in [3.05, 3.63) is 40.1 Å². The second-order valence-corrected chi connectivity index (χ2v) is 6.25. The summed E-state index contributed by atoms with van der Waals surface area (Å²) in [6.45, 7) is 9.49. The molecule has 0 aliphatic rings. The molecule has 0 amide bonds. The van der Waals surface area contributed by atoms with Crippen molar-refractivity contribution in [3.8, 4) is 0 Å². The van der Waals surface area contributed by atoms with Crippen LogP contribution in [-0.4, -0.2) is 16.1 Å². The molecule has 2 aromatic heterocycles. The zero-order valence-corrected chi connectivity index (χ0v) is 12.1.